The topological polar surface area (TPSA) is 63.4 Å². The van der Waals surface area contributed by atoms with Crippen molar-refractivity contribution in [3.63, 3.8) is 0 Å². The zero-order valence-electron chi connectivity index (χ0n) is 5.50. The van der Waals surface area contributed by atoms with Crippen molar-refractivity contribution in [2.24, 2.45) is 0 Å². The van der Waals surface area contributed by atoms with E-state index in [4.69, 9.17) is 0 Å². The summed E-state index contributed by atoms with van der Waals surface area (Å²) in [4.78, 5) is 9.62. The molecule has 66 valence electrons. The van der Waals surface area contributed by atoms with Gasteiger partial charge in [-0.25, -0.2) is 0 Å². The lowest BCUT2D eigenvalue weighted by atomic mass is 10.2. The van der Waals surface area contributed by atoms with Gasteiger partial charge >= 0.3 is 0 Å². The molecule has 0 radical (unpaired) electrons. The summed E-state index contributed by atoms with van der Waals surface area (Å²) in [6.45, 7) is 1.32. The molecule has 0 bridgehead atoms. The first kappa shape index (κ1) is 11.8. The van der Waals surface area contributed by atoms with Gasteiger partial charge in [-0.3, -0.25) is 10.1 Å². The van der Waals surface area contributed by atoms with E-state index in [0.29, 0.717) is 0 Å². The Balaban J connectivity index is 4.25. The molecule has 0 unspecified atom stereocenters. The van der Waals surface area contributed by atoms with E-state index in [9.17, 15) is 15.2 Å². The van der Waals surface area contributed by atoms with Crippen molar-refractivity contribution in [2.75, 3.05) is 0 Å². The number of nitrogens with zero attached hydrogens (tertiary/aromatic N) is 1. The van der Waals surface area contributed by atoms with Gasteiger partial charge < -0.3 is 5.11 Å². The number of aliphatic hydroxyl groups is 1. The molecular formula is C4H6Br3NO3. The minimum atomic E-state index is -1.14. The van der Waals surface area contributed by atoms with Crippen LogP contribution < -0.4 is 0 Å². The Labute approximate surface area is 88.9 Å². The van der Waals surface area contributed by atoms with Gasteiger partial charge in [0.05, 0.1) is 0 Å². The molecule has 0 fully saturated rings. The maximum Gasteiger partial charge on any atom is 0.238 e. The fourth-order valence-corrected chi connectivity index (χ4v) is 1.54. The largest absolute Gasteiger partial charge is 0.383 e. The molecule has 0 aliphatic heterocycles. The summed E-state index contributed by atoms with van der Waals surface area (Å²) in [5.41, 5.74) is 0. The maximum atomic E-state index is 10.2. The van der Waals surface area contributed by atoms with Gasteiger partial charge in [0.1, 0.15) is 0 Å². The summed E-state index contributed by atoms with van der Waals surface area (Å²) in [7, 11) is 0. The highest BCUT2D eigenvalue weighted by Crippen LogP contribution is 2.38. The predicted molar refractivity (Wildman–Crippen MR) is 52.0 cm³/mol. The predicted octanol–water partition coefficient (Wildman–Crippen LogP) is 1.85. The van der Waals surface area contributed by atoms with Crippen LogP contribution in [0.25, 0.3) is 0 Å². The molecule has 0 saturated carbocycles. The summed E-state index contributed by atoms with van der Waals surface area (Å²) >= 11 is 8.98. The molecule has 0 aromatic rings. The Bertz CT molecular complexity index is 157. The molecular weight excluding hydrogens is 350 g/mol. The molecule has 0 aliphatic rings. The highest BCUT2D eigenvalue weighted by molar-refractivity contribution is 9.39. The van der Waals surface area contributed by atoms with Gasteiger partial charge in [-0.1, -0.05) is 47.8 Å². The van der Waals surface area contributed by atoms with E-state index in [1.807, 2.05) is 0 Å². The van der Waals surface area contributed by atoms with Crippen LogP contribution in [0.4, 0.5) is 0 Å². The highest BCUT2D eigenvalue weighted by Gasteiger charge is 2.39. The van der Waals surface area contributed by atoms with Gasteiger partial charge in [0.25, 0.3) is 0 Å². The molecule has 2 atom stereocenters. The van der Waals surface area contributed by atoms with Crippen molar-refractivity contribution in [1.82, 2.24) is 0 Å². The minimum Gasteiger partial charge on any atom is -0.383 e. The Morgan fingerprint density at radius 1 is 1.55 bits per heavy atom. The third-order valence-electron chi connectivity index (χ3n) is 1.12. The average Bonchev–Trinajstić information content (AvgIpc) is 1.82. The standard InChI is InChI=1S/C4H6Br3NO3/c1-2(8(10)11)3(9)4(5,6)7/h2-3,9H,1H3/t2-,3-/m1/s1. The van der Waals surface area contributed by atoms with E-state index in [2.05, 4.69) is 47.8 Å². The lowest BCUT2D eigenvalue weighted by molar-refractivity contribution is -0.529. The number of nitro groups is 1. The van der Waals surface area contributed by atoms with Crippen LogP contribution in [0.5, 0.6) is 0 Å². The summed E-state index contributed by atoms with van der Waals surface area (Å²) in [6.07, 6.45) is -1.14. The lowest BCUT2D eigenvalue weighted by Gasteiger charge is -2.20. The minimum absolute atomic E-state index is 0.552. The van der Waals surface area contributed by atoms with Crippen molar-refractivity contribution >= 4 is 47.8 Å². The van der Waals surface area contributed by atoms with E-state index < -0.39 is 19.2 Å². The molecule has 0 saturated heterocycles. The first-order chi connectivity index (χ1) is 4.76. The van der Waals surface area contributed by atoms with E-state index in [1.54, 1.807) is 0 Å². The van der Waals surface area contributed by atoms with Crippen molar-refractivity contribution in [2.45, 2.75) is 21.2 Å². The second-order valence-corrected chi connectivity index (χ2v) is 8.96. The fourth-order valence-electron chi connectivity index (χ4n) is 0.389. The van der Waals surface area contributed by atoms with E-state index >= 15 is 0 Å². The fraction of sp³-hybridized carbons (Fsp3) is 1.00. The first-order valence-electron chi connectivity index (χ1n) is 2.65. The van der Waals surface area contributed by atoms with Crippen LogP contribution in [0, 0.1) is 10.1 Å². The number of hydrogen-bond acceptors (Lipinski definition) is 3. The van der Waals surface area contributed by atoms with Crippen LogP contribution in [-0.4, -0.2) is 24.3 Å². The molecule has 0 aromatic heterocycles. The Hall–Kier alpha value is 0.800. The van der Waals surface area contributed by atoms with Crippen LogP contribution in [0.3, 0.4) is 0 Å². The van der Waals surface area contributed by atoms with Gasteiger partial charge in [-0.2, -0.15) is 0 Å². The van der Waals surface area contributed by atoms with Crippen molar-refractivity contribution in [1.29, 1.82) is 0 Å². The van der Waals surface area contributed by atoms with Crippen LogP contribution in [-0.2, 0) is 0 Å². The third-order valence-corrected chi connectivity index (χ3v) is 2.53. The number of halogens is 3. The van der Waals surface area contributed by atoms with Gasteiger partial charge in [-0.05, 0) is 0 Å². The molecule has 0 spiro atoms. The molecule has 0 heterocycles. The lowest BCUT2D eigenvalue weighted by Crippen LogP contribution is -2.39. The Morgan fingerprint density at radius 3 is 2.00 bits per heavy atom. The van der Waals surface area contributed by atoms with Gasteiger partial charge in [0.15, 0.2) is 8.25 Å². The van der Waals surface area contributed by atoms with Crippen LogP contribution >= 0.6 is 47.8 Å². The summed E-state index contributed by atoms with van der Waals surface area (Å²) in [5, 5.41) is 19.4. The Morgan fingerprint density at radius 2 is 1.91 bits per heavy atom. The number of alkyl halides is 3. The molecule has 4 nitrogen and oxygen atoms in total. The van der Waals surface area contributed by atoms with Crippen molar-refractivity contribution in [3.8, 4) is 0 Å². The normalized spacial score (nSPS) is 17.5. The van der Waals surface area contributed by atoms with E-state index in [1.165, 1.54) is 6.92 Å². The molecule has 0 amide bonds. The number of aliphatic hydroxyl groups excluding tert-OH is 1. The Kier molecular flexibility index (Phi) is 4.46. The SMILES string of the molecule is C[C@H]([C@@H](O)C(Br)(Br)Br)[N+](=O)[O-]. The molecule has 1 N–H and O–H groups in total. The van der Waals surface area contributed by atoms with Gasteiger partial charge in [0.2, 0.25) is 6.04 Å². The molecule has 11 heavy (non-hydrogen) atoms. The quantitative estimate of drug-likeness (QED) is 0.467. The monoisotopic (exact) mass is 353 g/mol. The van der Waals surface area contributed by atoms with Crippen LogP contribution in [0.15, 0.2) is 0 Å². The third kappa shape index (κ3) is 3.82. The molecule has 7 heteroatoms. The number of hydrogen-bond donors (Lipinski definition) is 1. The van der Waals surface area contributed by atoms with Gasteiger partial charge in [-0.15, -0.1) is 0 Å². The van der Waals surface area contributed by atoms with Gasteiger partial charge in [0, 0.05) is 11.8 Å². The molecule has 0 aliphatic carbocycles. The second-order valence-electron chi connectivity index (χ2n) is 2.01. The molecule has 0 rings (SSSR count). The highest BCUT2D eigenvalue weighted by atomic mass is 80.0. The van der Waals surface area contributed by atoms with Crippen LogP contribution in [0.1, 0.15) is 6.92 Å². The number of rotatable bonds is 2. The maximum absolute atomic E-state index is 10.2. The second kappa shape index (κ2) is 4.15. The van der Waals surface area contributed by atoms with Crippen molar-refractivity contribution in [3.05, 3.63) is 10.1 Å². The zero-order valence-corrected chi connectivity index (χ0v) is 10.3. The summed E-state index contributed by atoms with van der Waals surface area (Å²) < 4.78 is -0.987. The summed E-state index contributed by atoms with van der Waals surface area (Å²) in [6, 6.07) is -1.03. The van der Waals surface area contributed by atoms with E-state index in [-0.39, 0.29) is 0 Å². The van der Waals surface area contributed by atoms with Crippen LogP contribution in [0.2, 0.25) is 0 Å². The smallest absolute Gasteiger partial charge is 0.238 e. The average molecular weight is 356 g/mol. The van der Waals surface area contributed by atoms with E-state index in [0.717, 1.165) is 0 Å². The zero-order chi connectivity index (χ0) is 9.23. The summed E-state index contributed by atoms with van der Waals surface area (Å²) in [5.74, 6) is 0. The first-order valence-corrected chi connectivity index (χ1v) is 5.03. The molecule has 0 aromatic carbocycles. The van der Waals surface area contributed by atoms with Crippen molar-refractivity contribution < 1.29 is 10.0 Å².